The Hall–Kier alpha value is -1.20. The van der Waals surface area contributed by atoms with E-state index in [0.29, 0.717) is 6.04 Å². The van der Waals surface area contributed by atoms with Gasteiger partial charge in [-0.1, -0.05) is 6.07 Å². The first kappa shape index (κ1) is 13.2. The van der Waals surface area contributed by atoms with Gasteiger partial charge in [0.15, 0.2) is 0 Å². The van der Waals surface area contributed by atoms with Gasteiger partial charge in [-0.3, -0.25) is 0 Å². The first-order valence-electron chi connectivity index (χ1n) is 6.15. The number of nitrogens with one attached hydrogen (secondary N) is 3. The Bertz CT molecular complexity index is 561. The number of hydrogen-bond donors (Lipinski definition) is 3. The predicted molar refractivity (Wildman–Crippen MR) is 78.3 cm³/mol. The lowest BCUT2D eigenvalue weighted by Gasteiger charge is -2.14. The maximum Gasteiger partial charge on any atom is 0.323 e. The molecule has 0 fully saturated rings. The number of fused-ring (bicyclic) bond motifs is 1. The van der Waals surface area contributed by atoms with Crippen LogP contribution in [-0.2, 0) is 0 Å². The minimum Gasteiger partial charge on any atom is -0.310 e. The summed E-state index contributed by atoms with van der Waals surface area (Å²) in [7, 11) is 0. The number of benzene rings is 1. The van der Waals surface area contributed by atoms with Crippen molar-refractivity contribution < 1.29 is 0 Å². The van der Waals surface area contributed by atoms with Crippen LogP contribution in [0.1, 0.15) is 24.9 Å². The summed E-state index contributed by atoms with van der Waals surface area (Å²) in [5.41, 5.74) is 2.78. The lowest BCUT2D eigenvalue weighted by atomic mass is 10.1. The van der Waals surface area contributed by atoms with Gasteiger partial charge in [-0.05, 0) is 49.6 Å². The Morgan fingerprint density at radius 3 is 2.89 bits per heavy atom. The molecule has 1 aromatic heterocycles. The molecule has 4 nitrogen and oxygen atoms in total. The van der Waals surface area contributed by atoms with Gasteiger partial charge in [0.2, 0.25) is 0 Å². The number of H-pyrrole nitrogens is 2. The largest absolute Gasteiger partial charge is 0.323 e. The minimum atomic E-state index is -0.150. The number of thioether (sulfide) groups is 1. The van der Waals surface area contributed by atoms with Crippen LogP contribution in [0.5, 0.6) is 0 Å². The van der Waals surface area contributed by atoms with Crippen molar-refractivity contribution in [3.63, 3.8) is 0 Å². The Kier molecular flexibility index (Phi) is 4.49. The van der Waals surface area contributed by atoms with E-state index in [1.54, 1.807) is 0 Å². The van der Waals surface area contributed by atoms with Crippen LogP contribution in [0.3, 0.4) is 0 Å². The highest BCUT2D eigenvalue weighted by Crippen LogP contribution is 2.16. The van der Waals surface area contributed by atoms with Gasteiger partial charge in [0.25, 0.3) is 0 Å². The lowest BCUT2D eigenvalue weighted by Crippen LogP contribution is -2.20. The molecule has 0 aliphatic rings. The molecule has 0 aliphatic carbocycles. The molecule has 1 unspecified atom stereocenters. The average molecular weight is 265 g/mol. The molecule has 3 N–H and O–H groups in total. The smallest absolute Gasteiger partial charge is 0.310 e. The molecule has 0 spiro atoms. The SMILES string of the molecule is CSCCCNC(C)c1ccc2[nH]c(=O)[nH]c2c1. The molecule has 1 aromatic carbocycles. The zero-order valence-electron chi connectivity index (χ0n) is 10.7. The van der Waals surface area contributed by atoms with Gasteiger partial charge in [0.1, 0.15) is 0 Å². The van der Waals surface area contributed by atoms with Gasteiger partial charge in [0.05, 0.1) is 11.0 Å². The van der Waals surface area contributed by atoms with Crippen LogP contribution in [0.2, 0.25) is 0 Å². The first-order valence-corrected chi connectivity index (χ1v) is 7.54. The lowest BCUT2D eigenvalue weighted by molar-refractivity contribution is 0.573. The van der Waals surface area contributed by atoms with Crippen LogP contribution in [0, 0.1) is 0 Å². The standard InChI is InChI=1S/C13H19N3OS/c1-9(14-6-3-7-18-2)10-4-5-11-12(8-10)16-13(17)15-11/h4-5,8-9,14H,3,6-7H2,1-2H3,(H2,15,16,17). The van der Waals surface area contributed by atoms with Crippen molar-refractivity contribution in [3.05, 3.63) is 34.2 Å². The molecule has 1 heterocycles. The normalized spacial score (nSPS) is 13.0. The van der Waals surface area contributed by atoms with E-state index in [2.05, 4.69) is 34.5 Å². The fourth-order valence-electron chi connectivity index (χ4n) is 1.97. The van der Waals surface area contributed by atoms with E-state index in [0.717, 1.165) is 17.6 Å². The number of imidazole rings is 1. The van der Waals surface area contributed by atoms with E-state index in [4.69, 9.17) is 0 Å². The second-order valence-electron chi connectivity index (χ2n) is 4.41. The van der Waals surface area contributed by atoms with Crippen LogP contribution >= 0.6 is 11.8 Å². The molecule has 5 heteroatoms. The molecule has 0 saturated carbocycles. The Morgan fingerprint density at radius 2 is 2.11 bits per heavy atom. The number of aromatic nitrogens is 2. The zero-order valence-corrected chi connectivity index (χ0v) is 11.6. The summed E-state index contributed by atoms with van der Waals surface area (Å²) < 4.78 is 0. The van der Waals surface area contributed by atoms with Crippen LogP contribution in [-0.4, -0.2) is 28.5 Å². The summed E-state index contributed by atoms with van der Waals surface area (Å²) in [4.78, 5) is 16.7. The molecule has 0 amide bonds. The van der Waals surface area contributed by atoms with Crippen LogP contribution in [0.4, 0.5) is 0 Å². The fraction of sp³-hybridized carbons (Fsp3) is 0.462. The maximum atomic E-state index is 11.2. The summed E-state index contributed by atoms with van der Waals surface area (Å²) in [6, 6.07) is 6.33. The maximum absolute atomic E-state index is 11.2. The summed E-state index contributed by atoms with van der Waals surface area (Å²) in [5, 5.41) is 3.49. The van der Waals surface area contributed by atoms with Crippen molar-refractivity contribution in [3.8, 4) is 0 Å². The fourth-order valence-corrected chi connectivity index (χ4v) is 2.41. The molecule has 0 aliphatic heterocycles. The van der Waals surface area contributed by atoms with E-state index < -0.39 is 0 Å². The highest BCUT2D eigenvalue weighted by molar-refractivity contribution is 7.98. The van der Waals surface area contributed by atoms with Crippen LogP contribution in [0.15, 0.2) is 23.0 Å². The molecule has 1 atom stereocenters. The van der Waals surface area contributed by atoms with E-state index in [-0.39, 0.29) is 5.69 Å². The molecule has 0 radical (unpaired) electrons. The topological polar surface area (TPSA) is 60.7 Å². The van der Waals surface area contributed by atoms with Crippen molar-refractivity contribution in [2.45, 2.75) is 19.4 Å². The summed E-state index contributed by atoms with van der Waals surface area (Å²) in [6.07, 6.45) is 3.30. The third-order valence-corrected chi connectivity index (χ3v) is 3.71. The predicted octanol–water partition coefficient (Wildman–Crippen LogP) is 2.26. The first-order chi connectivity index (χ1) is 8.70. The number of aromatic amines is 2. The van der Waals surface area contributed by atoms with Crippen LogP contribution < -0.4 is 11.0 Å². The highest BCUT2D eigenvalue weighted by Gasteiger charge is 2.06. The third kappa shape index (κ3) is 3.17. The van der Waals surface area contributed by atoms with Gasteiger partial charge in [-0.15, -0.1) is 0 Å². The van der Waals surface area contributed by atoms with Crippen molar-refractivity contribution in [2.75, 3.05) is 18.6 Å². The third-order valence-electron chi connectivity index (χ3n) is 3.02. The van der Waals surface area contributed by atoms with E-state index in [1.807, 2.05) is 23.9 Å². The summed E-state index contributed by atoms with van der Waals surface area (Å²) in [6.45, 7) is 3.16. The number of hydrogen-bond acceptors (Lipinski definition) is 3. The molecule has 98 valence electrons. The van der Waals surface area contributed by atoms with E-state index >= 15 is 0 Å². The molecular weight excluding hydrogens is 246 g/mol. The molecule has 2 rings (SSSR count). The second kappa shape index (κ2) is 6.11. The van der Waals surface area contributed by atoms with Crippen molar-refractivity contribution in [1.29, 1.82) is 0 Å². The molecular formula is C13H19N3OS. The second-order valence-corrected chi connectivity index (χ2v) is 5.39. The van der Waals surface area contributed by atoms with Gasteiger partial charge >= 0.3 is 5.69 Å². The Morgan fingerprint density at radius 1 is 1.33 bits per heavy atom. The van der Waals surface area contributed by atoms with Crippen molar-refractivity contribution in [2.24, 2.45) is 0 Å². The monoisotopic (exact) mass is 265 g/mol. The van der Waals surface area contributed by atoms with Crippen molar-refractivity contribution >= 4 is 22.8 Å². The summed E-state index contributed by atoms with van der Waals surface area (Å²) in [5.74, 6) is 1.18. The molecule has 18 heavy (non-hydrogen) atoms. The molecule has 0 saturated heterocycles. The summed E-state index contributed by atoms with van der Waals surface area (Å²) >= 11 is 1.87. The highest BCUT2D eigenvalue weighted by atomic mass is 32.2. The van der Waals surface area contributed by atoms with Gasteiger partial charge in [-0.2, -0.15) is 11.8 Å². The van der Waals surface area contributed by atoms with Crippen molar-refractivity contribution in [1.82, 2.24) is 15.3 Å². The Labute approximate surface area is 111 Å². The van der Waals surface area contributed by atoms with Crippen LogP contribution in [0.25, 0.3) is 11.0 Å². The molecule has 2 aromatic rings. The minimum absolute atomic E-state index is 0.150. The van der Waals surface area contributed by atoms with E-state index in [1.165, 1.54) is 17.7 Å². The zero-order chi connectivity index (χ0) is 13.0. The Balaban J connectivity index is 2.03. The number of rotatable bonds is 6. The molecule has 0 bridgehead atoms. The van der Waals surface area contributed by atoms with E-state index in [9.17, 15) is 4.79 Å². The van der Waals surface area contributed by atoms with Gasteiger partial charge in [0, 0.05) is 6.04 Å². The van der Waals surface area contributed by atoms with Gasteiger partial charge < -0.3 is 15.3 Å². The van der Waals surface area contributed by atoms with Gasteiger partial charge in [-0.25, -0.2) is 4.79 Å². The average Bonchev–Trinajstić information content (AvgIpc) is 2.73. The quantitative estimate of drug-likeness (QED) is 0.702.